The summed E-state index contributed by atoms with van der Waals surface area (Å²) in [6.45, 7) is 4.45. The number of carboxylic acids is 1. The Labute approximate surface area is 406 Å². The Hall–Kier alpha value is -6.66. The highest BCUT2D eigenvalue weighted by molar-refractivity contribution is 6.40. The van der Waals surface area contributed by atoms with Gasteiger partial charge in [0.25, 0.3) is 0 Å². The van der Waals surface area contributed by atoms with Crippen LogP contribution in [0.25, 0.3) is 22.3 Å². The Bertz CT molecular complexity index is 2530. The number of halogens is 6. The molecule has 0 unspecified atom stereocenters. The monoisotopic (exact) mass is 968 g/mol. The van der Waals surface area contributed by atoms with Crippen molar-refractivity contribution in [3.63, 3.8) is 0 Å². The molecule has 0 saturated carbocycles. The lowest BCUT2D eigenvalue weighted by Gasteiger charge is -2.08. The van der Waals surface area contributed by atoms with Gasteiger partial charge < -0.3 is 14.9 Å². The number of hydrogen-bond donors (Lipinski definition) is 2. The molecule has 0 heterocycles. The number of ether oxygens (including phenoxy) is 1. The maximum Gasteiger partial charge on any atom is 0.343 e. The van der Waals surface area contributed by atoms with E-state index in [1.807, 2.05) is 12.1 Å². The quantitative estimate of drug-likeness (QED) is 0.0306. The van der Waals surface area contributed by atoms with Crippen LogP contribution in [0.2, 0.25) is 0 Å². The highest BCUT2D eigenvalue weighted by atomic mass is 35.5. The van der Waals surface area contributed by atoms with E-state index in [0.29, 0.717) is 17.7 Å². The van der Waals surface area contributed by atoms with Gasteiger partial charge in [-0.15, -0.1) is 23.2 Å². The molecule has 0 aromatic heterocycles. The number of nitriles is 2. The van der Waals surface area contributed by atoms with E-state index in [4.69, 9.17) is 48.7 Å². The molecule has 356 valence electrons. The van der Waals surface area contributed by atoms with Gasteiger partial charge in [-0.05, 0) is 83.3 Å². The summed E-state index contributed by atoms with van der Waals surface area (Å²) in [6, 6.07) is 36.6. The molecule has 0 spiro atoms. The van der Waals surface area contributed by atoms with Crippen molar-refractivity contribution in [1.82, 2.24) is 0 Å². The fraction of sp³-hybridized carbons (Fsp3) is 0.273. The Morgan fingerprint density at radius 1 is 0.529 bits per heavy atom. The van der Waals surface area contributed by atoms with Crippen LogP contribution < -0.4 is 4.74 Å². The molecule has 13 heteroatoms. The van der Waals surface area contributed by atoms with Crippen molar-refractivity contribution >= 4 is 35.1 Å². The molecule has 0 aliphatic carbocycles. The van der Waals surface area contributed by atoms with Gasteiger partial charge in [-0.3, -0.25) is 0 Å². The Morgan fingerprint density at radius 2 is 0.853 bits per heavy atom. The summed E-state index contributed by atoms with van der Waals surface area (Å²) in [5.41, 5.74) is 6.05. The first-order chi connectivity index (χ1) is 32.8. The van der Waals surface area contributed by atoms with Crippen LogP contribution in [0.1, 0.15) is 121 Å². The number of unbranched alkanes of at least 4 members (excludes halogenated alkanes) is 8. The molecule has 0 aliphatic rings. The molecule has 6 aromatic rings. The summed E-state index contributed by atoms with van der Waals surface area (Å²) in [5.74, 6) is -6.69. The van der Waals surface area contributed by atoms with Gasteiger partial charge in [0.1, 0.15) is 58.0 Å². The number of phenols is 1. The first-order valence-corrected chi connectivity index (χ1v) is 23.3. The molecule has 68 heavy (non-hydrogen) atoms. The zero-order valence-corrected chi connectivity index (χ0v) is 39.5. The number of carbonyl (C=O) groups excluding carboxylic acids is 1. The van der Waals surface area contributed by atoms with Gasteiger partial charge in [0.05, 0.1) is 16.5 Å². The van der Waals surface area contributed by atoms with Crippen LogP contribution >= 0.6 is 23.2 Å². The Kier molecular flexibility index (Phi) is 25.0. The van der Waals surface area contributed by atoms with Crippen molar-refractivity contribution in [3.8, 4) is 45.9 Å². The molecular formula is C55H54Cl2F4N2O5. The average molecular weight is 970 g/mol. The van der Waals surface area contributed by atoms with E-state index >= 15 is 0 Å². The number of aromatic hydroxyl groups is 1. The molecule has 6 rings (SSSR count). The van der Waals surface area contributed by atoms with Crippen LogP contribution in [0, 0.1) is 45.9 Å². The fourth-order valence-corrected chi connectivity index (χ4v) is 6.75. The smallest absolute Gasteiger partial charge is 0.343 e. The number of aryl methyl sites for hydroxylation is 2. The SMILES string of the molecule is CCCCCCCc1ccc(-c2ccc(C(=O)O)cc2)cc1.CCCCCCCc1ccc(-c2ccc(C(=O)Oc3cc(F)c(C#N)c(F)c3)cc2)cc1.ClCCl.N#Cc1c(F)cc(O)cc1F. The van der Waals surface area contributed by atoms with Crippen molar-refractivity contribution in [2.24, 2.45) is 0 Å². The maximum atomic E-state index is 13.7. The normalized spacial score (nSPS) is 10.1. The molecule has 0 saturated heterocycles. The van der Waals surface area contributed by atoms with E-state index < -0.39 is 52.1 Å². The number of aromatic carboxylic acids is 1. The van der Waals surface area contributed by atoms with Gasteiger partial charge in [-0.2, -0.15) is 10.5 Å². The molecular weight excluding hydrogens is 916 g/mol. The summed E-state index contributed by atoms with van der Waals surface area (Å²) in [4.78, 5) is 23.2. The minimum absolute atomic E-state index is 0.194. The number of rotatable bonds is 17. The number of phenolic OH excluding ortho intramolecular Hbond substituents is 1. The highest BCUT2D eigenvalue weighted by Crippen LogP contribution is 2.25. The molecule has 6 aromatic carbocycles. The molecule has 0 bridgehead atoms. The van der Waals surface area contributed by atoms with E-state index in [2.05, 4.69) is 62.4 Å². The third-order valence-electron chi connectivity index (χ3n) is 10.4. The number of carboxylic acid groups (broad SMARTS) is 1. The van der Waals surface area contributed by atoms with Gasteiger partial charge in [-0.1, -0.05) is 138 Å². The molecule has 7 nitrogen and oxygen atoms in total. The van der Waals surface area contributed by atoms with E-state index in [1.54, 1.807) is 36.4 Å². The average Bonchev–Trinajstić information content (AvgIpc) is 3.32. The van der Waals surface area contributed by atoms with Crippen molar-refractivity contribution < 1.29 is 42.1 Å². The lowest BCUT2D eigenvalue weighted by Crippen LogP contribution is -2.09. The zero-order valence-electron chi connectivity index (χ0n) is 38.0. The van der Waals surface area contributed by atoms with E-state index in [-0.39, 0.29) is 16.7 Å². The summed E-state index contributed by atoms with van der Waals surface area (Å²) in [7, 11) is 0. The molecule has 0 atom stereocenters. The second-order valence-electron chi connectivity index (χ2n) is 15.4. The predicted octanol–water partition coefficient (Wildman–Crippen LogP) is 15.8. The molecule has 0 amide bonds. The topological polar surface area (TPSA) is 131 Å². The molecule has 2 N–H and O–H groups in total. The van der Waals surface area contributed by atoms with E-state index in [0.717, 1.165) is 47.2 Å². The van der Waals surface area contributed by atoms with Gasteiger partial charge in [0.2, 0.25) is 0 Å². The van der Waals surface area contributed by atoms with Crippen molar-refractivity contribution in [1.29, 1.82) is 10.5 Å². The second-order valence-corrected chi connectivity index (χ2v) is 16.3. The summed E-state index contributed by atoms with van der Waals surface area (Å²) < 4.78 is 57.4. The maximum absolute atomic E-state index is 13.7. The minimum Gasteiger partial charge on any atom is -0.508 e. The first kappa shape index (κ1) is 55.7. The number of carbonyl (C=O) groups is 2. The van der Waals surface area contributed by atoms with Crippen molar-refractivity contribution in [2.75, 3.05) is 5.34 Å². The second kappa shape index (κ2) is 30.6. The number of hydrogen-bond acceptors (Lipinski definition) is 6. The van der Waals surface area contributed by atoms with Crippen LogP contribution in [-0.4, -0.2) is 27.5 Å². The number of alkyl halides is 2. The van der Waals surface area contributed by atoms with Crippen molar-refractivity contribution in [3.05, 3.63) is 178 Å². The Balaban J connectivity index is 0.000000292. The van der Waals surface area contributed by atoms with Crippen molar-refractivity contribution in [2.45, 2.75) is 90.9 Å². The zero-order chi connectivity index (χ0) is 49.8. The minimum atomic E-state index is -1.07. The number of benzene rings is 6. The third-order valence-corrected chi connectivity index (χ3v) is 10.4. The molecule has 0 aliphatic heterocycles. The first-order valence-electron chi connectivity index (χ1n) is 22.2. The van der Waals surface area contributed by atoms with Crippen LogP contribution in [0.15, 0.2) is 121 Å². The lowest BCUT2D eigenvalue weighted by atomic mass is 10.00. The lowest BCUT2D eigenvalue weighted by molar-refractivity contribution is 0.0694. The number of esters is 1. The molecule has 0 radical (unpaired) electrons. The fourth-order valence-electron chi connectivity index (χ4n) is 6.75. The van der Waals surface area contributed by atoms with Gasteiger partial charge in [0, 0.05) is 24.3 Å². The van der Waals surface area contributed by atoms with Gasteiger partial charge in [0.15, 0.2) is 0 Å². The van der Waals surface area contributed by atoms with Crippen LogP contribution in [0.3, 0.4) is 0 Å². The van der Waals surface area contributed by atoms with Crippen LogP contribution in [0.4, 0.5) is 17.6 Å². The summed E-state index contributed by atoms with van der Waals surface area (Å²) >= 11 is 9.53. The largest absolute Gasteiger partial charge is 0.508 e. The number of nitrogens with zero attached hydrogens (tertiary/aromatic N) is 2. The van der Waals surface area contributed by atoms with Crippen LogP contribution in [0.5, 0.6) is 11.5 Å². The predicted molar refractivity (Wildman–Crippen MR) is 261 cm³/mol. The Morgan fingerprint density at radius 3 is 1.19 bits per heavy atom. The van der Waals surface area contributed by atoms with Crippen LogP contribution in [-0.2, 0) is 12.8 Å². The van der Waals surface area contributed by atoms with Gasteiger partial charge >= 0.3 is 11.9 Å². The molecule has 0 fully saturated rings. The highest BCUT2D eigenvalue weighted by Gasteiger charge is 2.15. The van der Waals surface area contributed by atoms with E-state index in [1.165, 1.54) is 87.5 Å². The van der Waals surface area contributed by atoms with E-state index in [9.17, 15) is 27.2 Å². The standard InChI is InChI=1S/C27H25F2NO2.C20H24O2.C7H3F2NO.CH2Cl2/c1-2-3-4-5-6-7-19-8-10-20(11-9-19)21-12-14-22(15-13-21)27(31)32-23-16-25(28)24(18-30)26(29)17-23;1-2-3-4-5-6-7-16-8-10-17(11-9-16)18-12-14-19(15-13-18)20(21)22;8-6-1-4(11)2-7(9)5(6)3-10;2-1-3/h8-17H,2-7H2,1H3;8-15H,2-7H2,1H3,(H,21,22);1-2,11H;1H2. The third kappa shape index (κ3) is 18.9. The van der Waals surface area contributed by atoms with Gasteiger partial charge in [-0.25, -0.2) is 27.2 Å². The summed E-state index contributed by atoms with van der Waals surface area (Å²) in [6.07, 6.45) is 15.0. The summed E-state index contributed by atoms with van der Waals surface area (Å²) in [5, 5.41) is 34.6.